The summed E-state index contributed by atoms with van der Waals surface area (Å²) < 4.78 is 38.0. The van der Waals surface area contributed by atoms with Gasteiger partial charge in [-0.25, -0.2) is 0 Å². The summed E-state index contributed by atoms with van der Waals surface area (Å²) >= 11 is -1.08. The van der Waals surface area contributed by atoms with E-state index in [1.165, 1.54) is 10.9 Å². The van der Waals surface area contributed by atoms with Gasteiger partial charge in [0.2, 0.25) is 0 Å². The van der Waals surface area contributed by atoms with E-state index in [9.17, 15) is 23.4 Å². The van der Waals surface area contributed by atoms with Crippen molar-refractivity contribution >= 4 is 33.2 Å². The molecule has 0 spiro atoms. The third kappa shape index (κ3) is 3.76. The van der Waals surface area contributed by atoms with Crippen molar-refractivity contribution in [3.63, 3.8) is 0 Å². The van der Waals surface area contributed by atoms with Crippen LogP contribution in [0.25, 0.3) is 11.2 Å². The predicted molar refractivity (Wildman–Crippen MR) is 90.2 cm³/mol. The summed E-state index contributed by atoms with van der Waals surface area (Å²) in [6, 6.07) is -1.13. The van der Waals surface area contributed by atoms with Gasteiger partial charge < -0.3 is 0 Å². The molecule has 2 aliphatic heterocycles. The maximum absolute atomic E-state index is 12.1. The number of fused-ring (bicyclic) bond motifs is 6. The molecule has 1 saturated heterocycles. The van der Waals surface area contributed by atoms with Crippen LogP contribution >= 0.6 is 0 Å². The van der Waals surface area contributed by atoms with Crippen LogP contribution in [0.3, 0.4) is 0 Å². The third-order valence-corrected chi connectivity index (χ3v) is 8.10. The molecule has 2 aromatic rings. The first-order valence-electron chi connectivity index (χ1n) is 8.23. The van der Waals surface area contributed by atoms with Gasteiger partial charge in [-0.15, -0.1) is 0 Å². The summed E-state index contributed by atoms with van der Waals surface area (Å²) in [4.78, 5) is 24.5. The minimum absolute atomic E-state index is 0.112. The Balaban J connectivity index is 1.82. The molecule has 0 saturated carbocycles. The Morgan fingerprint density at radius 3 is 2.83 bits per heavy atom. The van der Waals surface area contributed by atoms with Gasteiger partial charge in [0.05, 0.1) is 0 Å². The summed E-state index contributed by atoms with van der Waals surface area (Å²) in [6.45, 7) is -0.638. The average molecular weight is 542 g/mol. The van der Waals surface area contributed by atoms with E-state index in [1.54, 1.807) is 4.72 Å². The van der Waals surface area contributed by atoms with Crippen molar-refractivity contribution < 1.29 is 53.6 Å². The zero-order valence-corrected chi connectivity index (χ0v) is 17.5. The SMILES string of the molecule is Nc1ncnc2c1nc1n2[C@@H]2O[C@H](COS(=O)(=O)NC(=O)[C@H](N)C[I-]1)[C@@H](O)[C@H]2O. The number of aliphatic hydroxyl groups excluding tert-OH is 2. The minimum atomic E-state index is -4.46. The van der Waals surface area contributed by atoms with Crippen molar-refractivity contribution in [2.24, 2.45) is 5.73 Å². The van der Waals surface area contributed by atoms with Gasteiger partial charge in [-0.05, 0) is 0 Å². The first kappa shape index (κ1) is 20.6. The van der Waals surface area contributed by atoms with Crippen LogP contribution in [0, 0.1) is 3.83 Å². The molecule has 29 heavy (non-hydrogen) atoms. The number of rotatable bonds is 0. The number of hydrogen-bond acceptors (Lipinski definition) is 12. The number of imidazole rings is 1. The van der Waals surface area contributed by atoms with Crippen molar-refractivity contribution in [1.82, 2.24) is 24.2 Å². The Labute approximate surface area is 174 Å². The van der Waals surface area contributed by atoms with Gasteiger partial charge in [-0.2, -0.15) is 0 Å². The number of aliphatic hydroxyl groups is 2. The Bertz CT molecular complexity index is 1060. The summed E-state index contributed by atoms with van der Waals surface area (Å²) in [5.41, 5.74) is 12.2. The molecule has 0 unspecified atom stereocenters. The fourth-order valence-electron chi connectivity index (χ4n) is 2.91. The molecule has 14 nitrogen and oxygen atoms in total. The second-order valence-electron chi connectivity index (χ2n) is 6.33. The van der Waals surface area contributed by atoms with E-state index in [0.717, 1.165) is 0 Å². The van der Waals surface area contributed by atoms with Crippen molar-refractivity contribution in [2.75, 3.05) is 16.8 Å². The quantitative estimate of drug-likeness (QED) is 0.119. The van der Waals surface area contributed by atoms with Crippen LogP contribution < -0.4 is 37.4 Å². The molecule has 1 fully saturated rings. The summed E-state index contributed by atoms with van der Waals surface area (Å²) in [7, 11) is -4.46. The number of aromatic nitrogens is 4. The molecule has 4 rings (SSSR count). The molecule has 7 N–H and O–H groups in total. The Hall–Kier alpha value is -1.70. The van der Waals surface area contributed by atoms with Crippen molar-refractivity contribution in [3.8, 4) is 0 Å². The van der Waals surface area contributed by atoms with Gasteiger partial charge in [0.1, 0.15) is 0 Å². The normalized spacial score (nSPS) is 32.9. The van der Waals surface area contributed by atoms with Crippen LogP contribution in [0.1, 0.15) is 6.23 Å². The van der Waals surface area contributed by atoms with E-state index >= 15 is 0 Å². The number of carbonyl (C=O) groups excluding carboxylic acids is 1. The molecule has 160 valence electrons. The number of nitrogen functional groups attached to an aromatic ring is 1. The maximum atomic E-state index is 12.1. The first-order valence-corrected chi connectivity index (χ1v) is 12.2. The van der Waals surface area contributed by atoms with Crippen LogP contribution in [-0.2, 0) is 24.0 Å². The molecule has 0 aromatic carbocycles. The predicted octanol–water partition coefficient (Wildman–Crippen LogP) is -7.00. The molecule has 1 amide bonds. The van der Waals surface area contributed by atoms with Crippen LogP contribution in [-0.4, -0.2) is 79.4 Å². The van der Waals surface area contributed by atoms with E-state index < -0.39 is 74.6 Å². The molecule has 2 bridgehead atoms. The molecular formula is C13H17IN7O7S-. The summed E-state index contributed by atoms with van der Waals surface area (Å²) in [6.07, 6.45) is -3.99. The first-order chi connectivity index (χ1) is 13.7. The second-order valence-corrected chi connectivity index (χ2v) is 10.3. The van der Waals surface area contributed by atoms with Gasteiger partial charge in [0.15, 0.2) is 0 Å². The number of halogens is 1. The number of nitrogens with zero attached hydrogens (tertiary/aromatic N) is 4. The van der Waals surface area contributed by atoms with Crippen molar-refractivity contribution in [1.29, 1.82) is 0 Å². The second kappa shape index (κ2) is 7.52. The Morgan fingerprint density at radius 2 is 2.07 bits per heavy atom. The zero-order chi connectivity index (χ0) is 20.9. The zero-order valence-electron chi connectivity index (χ0n) is 14.5. The van der Waals surface area contributed by atoms with Gasteiger partial charge in [-0.3, -0.25) is 0 Å². The average Bonchev–Trinajstić information content (AvgIpc) is 3.16. The summed E-state index contributed by atoms with van der Waals surface area (Å²) in [5, 5.41) is 20.8. The molecule has 2 aromatic heterocycles. The number of carbonyl (C=O) groups is 1. The number of alkyl halides is 1. The number of hydrogen-bond donors (Lipinski definition) is 5. The Morgan fingerprint density at radius 1 is 1.31 bits per heavy atom. The van der Waals surface area contributed by atoms with E-state index in [2.05, 4.69) is 15.0 Å². The Kier molecular flexibility index (Phi) is 5.34. The van der Waals surface area contributed by atoms with E-state index in [0.29, 0.717) is 3.83 Å². The fraction of sp³-hybridized carbons (Fsp3) is 0.538. The molecule has 5 atom stereocenters. The van der Waals surface area contributed by atoms with Gasteiger partial charge in [0, 0.05) is 0 Å². The molecular weight excluding hydrogens is 525 g/mol. The van der Waals surface area contributed by atoms with Crippen LogP contribution in [0.15, 0.2) is 6.33 Å². The third-order valence-electron chi connectivity index (χ3n) is 4.37. The number of nitrogens with one attached hydrogen (secondary N) is 1. The monoisotopic (exact) mass is 542 g/mol. The number of ether oxygens (including phenoxy) is 1. The van der Waals surface area contributed by atoms with E-state index in [4.69, 9.17) is 20.4 Å². The molecule has 4 heterocycles. The fourth-order valence-corrected chi connectivity index (χ4v) is 6.23. The van der Waals surface area contributed by atoms with Crippen LogP contribution in [0.4, 0.5) is 5.82 Å². The topological polar surface area (TPSA) is 218 Å². The molecule has 0 aliphatic carbocycles. The van der Waals surface area contributed by atoms with Crippen LogP contribution in [0.5, 0.6) is 0 Å². The molecule has 0 radical (unpaired) electrons. The number of nitrogens with two attached hydrogens (primary N) is 2. The molecule has 2 aliphatic rings. The standard InChI is InChI=1S/C13H17IN7O7S/c15-4-1-14-13-19-6-9(16)17-3-18-10(6)21(13)12-8(23)7(22)5(28-12)2-27-29(25,26)20-11(4)24/h3-5,7-8,12,22-23H,1-2,15H2,(H,20,24)(H2,16,17,18)/q-1/t4-,5-,7-,8-,12-/m1/s1. The van der Waals surface area contributed by atoms with Gasteiger partial charge in [0.25, 0.3) is 0 Å². The summed E-state index contributed by atoms with van der Waals surface area (Å²) in [5.74, 6) is -0.821. The van der Waals surface area contributed by atoms with Gasteiger partial charge >= 0.3 is 174 Å². The molecule has 16 heteroatoms. The van der Waals surface area contributed by atoms with Gasteiger partial charge in [-0.1, -0.05) is 0 Å². The van der Waals surface area contributed by atoms with Crippen molar-refractivity contribution in [2.45, 2.75) is 30.6 Å². The van der Waals surface area contributed by atoms with Crippen LogP contribution in [0.2, 0.25) is 0 Å². The number of amides is 1. The van der Waals surface area contributed by atoms with E-state index in [1.807, 2.05) is 0 Å². The van der Waals surface area contributed by atoms with Crippen molar-refractivity contribution in [3.05, 3.63) is 10.2 Å². The van der Waals surface area contributed by atoms with E-state index in [-0.39, 0.29) is 21.4 Å². The number of anilines is 1.